The summed E-state index contributed by atoms with van der Waals surface area (Å²) in [5, 5.41) is 3.34. The zero-order chi connectivity index (χ0) is 16.3. The molecule has 3 rings (SSSR count). The second-order valence-corrected chi connectivity index (χ2v) is 8.11. The summed E-state index contributed by atoms with van der Waals surface area (Å²) >= 11 is 0. The number of nitrogens with zero attached hydrogens (tertiary/aromatic N) is 2. The van der Waals surface area contributed by atoms with Crippen molar-refractivity contribution in [1.29, 1.82) is 0 Å². The van der Waals surface area contributed by atoms with Crippen LogP contribution in [0.4, 0.5) is 0 Å². The molecule has 0 radical (unpaired) electrons. The molecule has 0 saturated carbocycles. The normalized spacial score (nSPS) is 23.1. The topological polar surface area (TPSA) is 61.9 Å². The Labute approximate surface area is 150 Å². The standard InChI is InChI=1S/C16H25N3O3S.ClH/c1-22-13-14-3-2-4-16(11-14)23(20,21)19-8-5-15(12-19)18-9-6-17-7-10-18;/h2-4,11,15,17H,5-10,12-13H2,1H3;1H. The van der Waals surface area contributed by atoms with Crippen molar-refractivity contribution >= 4 is 22.4 Å². The third-order valence-electron chi connectivity index (χ3n) is 4.64. The number of halogens is 1. The highest BCUT2D eigenvalue weighted by molar-refractivity contribution is 7.89. The van der Waals surface area contributed by atoms with E-state index in [1.165, 1.54) is 0 Å². The van der Waals surface area contributed by atoms with Crippen LogP contribution in [-0.2, 0) is 21.4 Å². The van der Waals surface area contributed by atoms with Crippen LogP contribution >= 0.6 is 12.4 Å². The summed E-state index contributed by atoms with van der Waals surface area (Å²) < 4.78 is 32.5. The fraction of sp³-hybridized carbons (Fsp3) is 0.625. The molecule has 136 valence electrons. The number of nitrogens with one attached hydrogen (secondary N) is 1. The van der Waals surface area contributed by atoms with E-state index in [4.69, 9.17) is 4.74 Å². The quantitative estimate of drug-likeness (QED) is 0.829. The highest BCUT2D eigenvalue weighted by Gasteiger charge is 2.35. The third-order valence-corrected chi connectivity index (χ3v) is 6.50. The van der Waals surface area contributed by atoms with E-state index in [1.54, 1.807) is 29.6 Å². The number of hydrogen-bond donors (Lipinski definition) is 1. The Bertz CT molecular complexity index is 635. The van der Waals surface area contributed by atoms with Crippen molar-refractivity contribution in [3.05, 3.63) is 29.8 Å². The summed E-state index contributed by atoms with van der Waals surface area (Å²) in [5.74, 6) is 0. The maximum absolute atomic E-state index is 12.9. The Morgan fingerprint density at radius 1 is 1.25 bits per heavy atom. The molecule has 0 spiro atoms. The number of sulfonamides is 1. The number of hydrogen-bond acceptors (Lipinski definition) is 5. The summed E-state index contributed by atoms with van der Waals surface area (Å²) in [6, 6.07) is 7.40. The largest absolute Gasteiger partial charge is 0.380 e. The summed E-state index contributed by atoms with van der Waals surface area (Å²) in [6.07, 6.45) is 0.914. The predicted octanol–water partition coefficient (Wildman–Crippen LogP) is 0.923. The number of methoxy groups -OCH3 is 1. The molecule has 1 N–H and O–H groups in total. The van der Waals surface area contributed by atoms with Crippen molar-refractivity contribution in [3.63, 3.8) is 0 Å². The maximum Gasteiger partial charge on any atom is 0.243 e. The van der Waals surface area contributed by atoms with Crippen LogP contribution in [0.15, 0.2) is 29.2 Å². The number of ether oxygens (including phenoxy) is 1. The Balaban J connectivity index is 0.00000208. The van der Waals surface area contributed by atoms with Gasteiger partial charge in [-0.15, -0.1) is 12.4 Å². The molecule has 8 heteroatoms. The van der Waals surface area contributed by atoms with Gasteiger partial charge in [-0.3, -0.25) is 4.90 Å². The maximum atomic E-state index is 12.9. The smallest absolute Gasteiger partial charge is 0.243 e. The van der Waals surface area contributed by atoms with E-state index in [2.05, 4.69) is 10.2 Å². The molecular formula is C16H26ClN3O3S. The van der Waals surface area contributed by atoms with Crippen molar-refractivity contribution in [2.45, 2.75) is 24.0 Å². The van der Waals surface area contributed by atoms with Gasteiger partial charge in [0.15, 0.2) is 0 Å². The summed E-state index contributed by atoms with van der Waals surface area (Å²) in [7, 11) is -1.80. The molecule has 2 aliphatic heterocycles. The van der Waals surface area contributed by atoms with Crippen molar-refractivity contribution < 1.29 is 13.2 Å². The van der Waals surface area contributed by atoms with Crippen LogP contribution in [0.3, 0.4) is 0 Å². The summed E-state index contributed by atoms with van der Waals surface area (Å²) in [5.41, 5.74) is 0.881. The molecule has 1 unspecified atom stereocenters. The molecule has 1 atom stereocenters. The molecule has 2 aliphatic rings. The van der Waals surface area contributed by atoms with Crippen LogP contribution in [0.2, 0.25) is 0 Å². The Kier molecular flexibility index (Phi) is 7.03. The average molecular weight is 376 g/mol. The zero-order valence-corrected chi connectivity index (χ0v) is 15.6. The lowest BCUT2D eigenvalue weighted by Crippen LogP contribution is -2.49. The lowest BCUT2D eigenvalue weighted by Gasteiger charge is -2.32. The van der Waals surface area contributed by atoms with E-state index >= 15 is 0 Å². The highest BCUT2D eigenvalue weighted by atomic mass is 35.5. The highest BCUT2D eigenvalue weighted by Crippen LogP contribution is 2.24. The van der Waals surface area contributed by atoms with Crippen molar-refractivity contribution in [2.24, 2.45) is 0 Å². The first-order valence-corrected chi connectivity index (χ1v) is 9.58. The van der Waals surface area contributed by atoms with Crippen LogP contribution in [0.1, 0.15) is 12.0 Å². The van der Waals surface area contributed by atoms with Gasteiger partial charge in [0.05, 0.1) is 11.5 Å². The molecule has 6 nitrogen and oxygen atoms in total. The fourth-order valence-corrected chi connectivity index (χ4v) is 4.95. The van der Waals surface area contributed by atoms with Gasteiger partial charge in [-0.25, -0.2) is 8.42 Å². The van der Waals surface area contributed by atoms with Gasteiger partial charge < -0.3 is 10.1 Å². The van der Waals surface area contributed by atoms with E-state index in [1.807, 2.05) is 6.07 Å². The lowest BCUT2D eigenvalue weighted by atomic mass is 10.2. The second kappa shape index (κ2) is 8.60. The second-order valence-electron chi connectivity index (χ2n) is 6.17. The minimum atomic E-state index is -3.42. The van der Waals surface area contributed by atoms with Gasteiger partial charge in [0, 0.05) is 52.4 Å². The van der Waals surface area contributed by atoms with E-state index in [0.717, 1.165) is 38.2 Å². The van der Waals surface area contributed by atoms with E-state index < -0.39 is 10.0 Å². The first-order chi connectivity index (χ1) is 11.1. The molecule has 1 aromatic carbocycles. The van der Waals surface area contributed by atoms with Crippen molar-refractivity contribution in [2.75, 3.05) is 46.4 Å². The van der Waals surface area contributed by atoms with Gasteiger partial charge in [0.2, 0.25) is 10.0 Å². The van der Waals surface area contributed by atoms with Crippen LogP contribution in [0.5, 0.6) is 0 Å². The van der Waals surface area contributed by atoms with E-state index in [9.17, 15) is 8.42 Å². The first-order valence-electron chi connectivity index (χ1n) is 8.14. The van der Waals surface area contributed by atoms with Crippen LogP contribution in [-0.4, -0.2) is 70.0 Å². The number of piperazine rings is 1. The Morgan fingerprint density at radius 3 is 2.71 bits per heavy atom. The molecular weight excluding hydrogens is 350 g/mol. The van der Waals surface area contributed by atoms with Gasteiger partial charge in [0.1, 0.15) is 0 Å². The van der Waals surface area contributed by atoms with Gasteiger partial charge in [-0.1, -0.05) is 12.1 Å². The molecule has 24 heavy (non-hydrogen) atoms. The monoisotopic (exact) mass is 375 g/mol. The van der Waals surface area contributed by atoms with Gasteiger partial charge in [-0.05, 0) is 24.1 Å². The van der Waals surface area contributed by atoms with E-state index in [0.29, 0.717) is 30.6 Å². The van der Waals surface area contributed by atoms with Gasteiger partial charge in [-0.2, -0.15) is 4.31 Å². The molecule has 2 heterocycles. The molecule has 1 aromatic rings. The fourth-order valence-electron chi connectivity index (χ4n) is 3.39. The summed E-state index contributed by atoms with van der Waals surface area (Å²) in [6.45, 7) is 5.60. The Hall–Kier alpha value is -0.700. The number of benzene rings is 1. The van der Waals surface area contributed by atoms with Crippen LogP contribution < -0.4 is 5.32 Å². The van der Waals surface area contributed by atoms with Crippen LogP contribution in [0.25, 0.3) is 0 Å². The zero-order valence-electron chi connectivity index (χ0n) is 14.0. The molecule has 0 aromatic heterocycles. The first kappa shape index (κ1) is 19.6. The SMILES string of the molecule is COCc1cccc(S(=O)(=O)N2CCC(N3CCNCC3)C2)c1.Cl. The lowest BCUT2D eigenvalue weighted by molar-refractivity contribution is 0.179. The third kappa shape index (κ3) is 4.28. The molecule has 0 bridgehead atoms. The van der Waals surface area contributed by atoms with Crippen LogP contribution in [0, 0.1) is 0 Å². The molecule has 2 fully saturated rings. The average Bonchev–Trinajstić information content (AvgIpc) is 3.07. The van der Waals surface area contributed by atoms with E-state index in [-0.39, 0.29) is 12.4 Å². The molecule has 2 saturated heterocycles. The summed E-state index contributed by atoms with van der Waals surface area (Å²) in [4.78, 5) is 2.78. The van der Waals surface area contributed by atoms with Gasteiger partial charge >= 0.3 is 0 Å². The van der Waals surface area contributed by atoms with Crippen molar-refractivity contribution in [3.8, 4) is 0 Å². The van der Waals surface area contributed by atoms with Crippen molar-refractivity contribution in [1.82, 2.24) is 14.5 Å². The predicted molar refractivity (Wildman–Crippen MR) is 96.0 cm³/mol. The Morgan fingerprint density at radius 2 is 2.00 bits per heavy atom. The number of rotatable bonds is 5. The minimum Gasteiger partial charge on any atom is -0.380 e. The minimum absolute atomic E-state index is 0. The van der Waals surface area contributed by atoms with Gasteiger partial charge in [0.25, 0.3) is 0 Å². The molecule has 0 aliphatic carbocycles. The molecule has 0 amide bonds.